The van der Waals surface area contributed by atoms with E-state index in [0.717, 1.165) is 37.4 Å². The van der Waals surface area contributed by atoms with Crippen LogP contribution >= 0.6 is 0 Å². The van der Waals surface area contributed by atoms with Crippen molar-refractivity contribution in [3.8, 4) is 5.75 Å². The molecule has 1 heteroatoms. The van der Waals surface area contributed by atoms with Crippen molar-refractivity contribution in [1.29, 1.82) is 0 Å². The van der Waals surface area contributed by atoms with Crippen molar-refractivity contribution in [3.63, 3.8) is 0 Å². The van der Waals surface area contributed by atoms with E-state index >= 15 is 0 Å². The predicted octanol–water partition coefficient (Wildman–Crippen LogP) is 5.94. The molecule has 23 heavy (non-hydrogen) atoms. The molecule has 124 valence electrons. The molecule has 3 atom stereocenters. The third-order valence-corrected chi connectivity index (χ3v) is 5.22. The van der Waals surface area contributed by atoms with Gasteiger partial charge in [0.25, 0.3) is 0 Å². The Bertz CT molecular complexity index is 596. The number of benzene rings is 1. The highest BCUT2D eigenvalue weighted by Crippen LogP contribution is 2.35. The molecule has 0 saturated heterocycles. The average molecular weight is 310 g/mol. The van der Waals surface area contributed by atoms with Gasteiger partial charge in [0.1, 0.15) is 11.9 Å². The van der Waals surface area contributed by atoms with E-state index < -0.39 is 0 Å². The number of rotatable bonds is 4. The van der Waals surface area contributed by atoms with E-state index in [0.29, 0.717) is 12.0 Å². The molecule has 1 aromatic carbocycles. The van der Waals surface area contributed by atoms with Crippen LogP contribution in [0.15, 0.2) is 36.4 Å². The molecule has 0 fully saturated rings. The van der Waals surface area contributed by atoms with Gasteiger partial charge in [-0.05, 0) is 62.5 Å². The van der Waals surface area contributed by atoms with Crippen LogP contribution < -0.4 is 4.74 Å². The van der Waals surface area contributed by atoms with Crippen LogP contribution in [0.3, 0.4) is 0 Å². The summed E-state index contributed by atoms with van der Waals surface area (Å²) in [7, 11) is 0. The van der Waals surface area contributed by atoms with E-state index in [1.807, 2.05) is 0 Å². The van der Waals surface area contributed by atoms with E-state index in [4.69, 9.17) is 4.74 Å². The predicted molar refractivity (Wildman–Crippen MR) is 98.1 cm³/mol. The molecule has 0 heterocycles. The molecule has 0 amide bonds. The Morgan fingerprint density at radius 2 is 1.91 bits per heavy atom. The molecule has 0 aliphatic heterocycles. The molecule has 1 aromatic rings. The normalized spacial score (nSPS) is 26.7. The Hall–Kier alpha value is -1.50. The molecular formula is C22H30O. The quantitative estimate of drug-likeness (QED) is 0.626. The molecule has 2 aliphatic carbocycles. The van der Waals surface area contributed by atoms with Crippen LogP contribution in [-0.4, -0.2) is 6.10 Å². The summed E-state index contributed by atoms with van der Waals surface area (Å²) in [6, 6.07) is 4.56. The van der Waals surface area contributed by atoms with Gasteiger partial charge < -0.3 is 4.74 Å². The van der Waals surface area contributed by atoms with Crippen molar-refractivity contribution in [1.82, 2.24) is 0 Å². The highest BCUT2D eigenvalue weighted by Gasteiger charge is 2.26. The highest BCUT2D eigenvalue weighted by molar-refractivity contribution is 5.44. The first-order valence-corrected chi connectivity index (χ1v) is 9.27. The molecule has 0 bridgehead atoms. The standard InChI is InChI=1S/C22H30O/c1-4-8-20-14-16(2)13-17(3)22(20)23-21-12-7-11-18-9-5-6-10-19(18)15-21/h6-7,10-11,13-14,18-19,21H,4-5,8-9,12,15H2,1-3H3. The van der Waals surface area contributed by atoms with E-state index in [1.54, 1.807) is 0 Å². The van der Waals surface area contributed by atoms with Gasteiger partial charge in [-0.1, -0.05) is 55.3 Å². The summed E-state index contributed by atoms with van der Waals surface area (Å²) in [5.41, 5.74) is 4.01. The summed E-state index contributed by atoms with van der Waals surface area (Å²) >= 11 is 0. The molecule has 0 saturated carbocycles. The van der Waals surface area contributed by atoms with Gasteiger partial charge in [-0.25, -0.2) is 0 Å². The van der Waals surface area contributed by atoms with Crippen molar-refractivity contribution in [2.75, 3.05) is 0 Å². The SMILES string of the molecule is CCCc1cc(C)cc(C)c1OC1CC=CC2CCC=CC2C1. The Kier molecular flexibility index (Phi) is 5.25. The minimum atomic E-state index is 0.306. The van der Waals surface area contributed by atoms with E-state index in [9.17, 15) is 0 Å². The summed E-state index contributed by atoms with van der Waals surface area (Å²) in [5.74, 6) is 2.53. The van der Waals surface area contributed by atoms with Gasteiger partial charge in [0, 0.05) is 6.42 Å². The minimum absolute atomic E-state index is 0.306. The molecule has 0 N–H and O–H groups in total. The zero-order valence-corrected chi connectivity index (χ0v) is 14.8. The maximum atomic E-state index is 6.57. The van der Waals surface area contributed by atoms with Gasteiger partial charge in [0.05, 0.1) is 0 Å². The fourth-order valence-electron chi connectivity index (χ4n) is 4.14. The topological polar surface area (TPSA) is 9.23 Å². The first kappa shape index (κ1) is 16.4. The van der Waals surface area contributed by atoms with Crippen LogP contribution in [0.2, 0.25) is 0 Å². The molecule has 3 unspecified atom stereocenters. The number of fused-ring (bicyclic) bond motifs is 1. The van der Waals surface area contributed by atoms with Gasteiger partial charge in [0.2, 0.25) is 0 Å². The summed E-state index contributed by atoms with van der Waals surface area (Å²) in [5, 5.41) is 0. The fraction of sp³-hybridized carbons (Fsp3) is 0.545. The largest absolute Gasteiger partial charge is 0.490 e. The number of aryl methyl sites for hydroxylation is 3. The summed E-state index contributed by atoms with van der Waals surface area (Å²) in [4.78, 5) is 0. The first-order valence-electron chi connectivity index (χ1n) is 9.27. The molecule has 1 nitrogen and oxygen atoms in total. The van der Waals surface area contributed by atoms with E-state index in [2.05, 4.69) is 57.2 Å². The zero-order valence-electron chi connectivity index (χ0n) is 14.8. The lowest BCUT2D eigenvalue weighted by Gasteiger charge is -2.27. The summed E-state index contributed by atoms with van der Waals surface area (Å²) < 4.78 is 6.57. The first-order chi connectivity index (χ1) is 11.2. The molecule has 3 rings (SSSR count). The molecular weight excluding hydrogens is 280 g/mol. The number of hydrogen-bond acceptors (Lipinski definition) is 1. The van der Waals surface area contributed by atoms with Gasteiger partial charge in [-0.15, -0.1) is 0 Å². The van der Waals surface area contributed by atoms with Crippen LogP contribution in [0.25, 0.3) is 0 Å². The molecule has 0 spiro atoms. The van der Waals surface area contributed by atoms with Crippen molar-refractivity contribution in [2.45, 2.75) is 65.4 Å². The van der Waals surface area contributed by atoms with Crippen molar-refractivity contribution < 1.29 is 4.74 Å². The Morgan fingerprint density at radius 1 is 1.09 bits per heavy atom. The van der Waals surface area contributed by atoms with Crippen molar-refractivity contribution in [3.05, 3.63) is 53.1 Å². The summed E-state index contributed by atoms with van der Waals surface area (Å²) in [6.07, 6.45) is 16.9. The van der Waals surface area contributed by atoms with Crippen LogP contribution in [0.4, 0.5) is 0 Å². The summed E-state index contributed by atoms with van der Waals surface area (Å²) in [6.45, 7) is 6.62. The second-order valence-corrected chi connectivity index (χ2v) is 7.29. The molecule has 0 aromatic heterocycles. The van der Waals surface area contributed by atoms with Crippen LogP contribution in [0, 0.1) is 25.7 Å². The second-order valence-electron chi connectivity index (χ2n) is 7.29. The molecule has 2 aliphatic rings. The van der Waals surface area contributed by atoms with Crippen LogP contribution in [-0.2, 0) is 6.42 Å². The van der Waals surface area contributed by atoms with Gasteiger partial charge in [-0.3, -0.25) is 0 Å². The maximum Gasteiger partial charge on any atom is 0.125 e. The lowest BCUT2D eigenvalue weighted by atomic mass is 9.82. The third kappa shape index (κ3) is 3.88. The lowest BCUT2D eigenvalue weighted by molar-refractivity contribution is 0.169. The van der Waals surface area contributed by atoms with Gasteiger partial charge in [-0.2, -0.15) is 0 Å². The third-order valence-electron chi connectivity index (χ3n) is 5.22. The average Bonchev–Trinajstić information content (AvgIpc) is 2.72. The van der Waals surface area contributed by atoms with Crippen molar-refractivity contribution >= 4 is 0 Å². The van der Waals surface area contributed by atoms with Crippen molar-refractivity contribution in [2.24, 2.45) is 11.8 Å². The lowest BCUT2D eigenvalue weighted by Crippen LogP contribution is -2.23. The number of allylic oxidation sites excluding steroid dienone is 3. The smallest absolute Gasteiger partial charge is 0.125 e. The molecule has 0 radical (unpaired) electrons. The number of ether oxygens (including phenoxy) is 1. The Morgan fingerprint density at radius 3 is 2.74 bits per heavy atom. The Labute approximate surface area is 141 Å². The Balaban J connectivity index is 1.80. The maximum absolute atomic E-state index is 6.57. The highest BCUT2D eigenvalue weighted by atomic mass is 16.5. The monoisotopic (exact) mass is 310 g/mol. The van der Waals surface area contributed by atoms with E-state index in [1.165, 1.54) is 29.5 Å². The minimum Gasteiger partial charge on any atom is -0.490 e. The zero-order chi connectivity index (χ0) is 16.2. The second kappa shape index (κ2) is 7.38. The van der Waals surface area contributed by atoms with Crippen LogP contribution in [0.5, 0.6) is 5.75 Å². The van der Waals surface area contributed by atoms with Crippen LogP contribution in [0.1, 0.15) is 55.7 Å². The van der Waals surface area contributed by atoms with E-state index in [-0.39, 0.29) is 0 Å². The fourth-order valence-corrected chi connectivity index (χ4v) is 4.14. The van der Waals surface area contributed by atoms with Gasteiger partial charge in [0.15, 0.2) is 0 Å². The number of hydrogen-bond donors (Lipinski definition) is 0. The van der Waals surface area contributed by atoms with Gasteiger partial charge >= 0.3 is 0 Å².